The van der Waals surface area contributed by atoms with Gasteiger partial charge in [-0.2, -0.15) is 0 Å². The van der Waals surface area contributed by atoms with Crippen molar-refractivity contribution in [1.29, 1.82) is 0 Å². The van der Waals surface area contributed by atoms with Crippen LogP contribution in [0.5, 0.6) is 0 Å². The van der Waals surface area contributed by atoms with Gasteiger partial charge in [0.1, 0.15) is 5.82 Å². The van der Waals surface area contributed by atoms with Crippen LogP contribution >= 0.6 is 15.9 Å². The standard InChI is InChI=1S/C13H12BrFN2/c1-17(12-5-3-2-4-11(12)16)13-8-9(14)6-7-10(13)15/h2-8H,16H2,1H3. The molecule has 0 fully saturated rings. The number of nitrogens with zero attached hydrogens (tertiary/aromatic N) is 1. The molecule has 2 aromatic carbocycles. The van der Waals surface area contributed by atoms with Gasteiger partial charge in [-0.3, -0.25) is 0 Å². The van der Waals surface area contributed by atoms with Crippen LogP contribution in [0.4, 0.5) is 21.5 Å². The number of halogens is 2. The van der Waals surface area contributed by atoms with Crippen molar-refractivity contribution >= 4 is 33.0 Å². The van der Waals surface area contributed by atoms with Gasteiger partial charge in [0.05, 0.1) is 17.1 Å². The second-order valence-corrected chi connectivity index (χ2v) is 4.63. The van der Waals surface area contributed by atoms with Gasteiger partial charge < -0.3 is 10.6 Å². The third-order valence-corrected chi connectivity index (χ3v) is 3.06. The summed E-state index contributed by atoms with van der Waals surface area (Å²) in [5, 5.41) is 0. The third kappa shape index (κ3) is 2.42. The smallest absolute Gasteiger partial charge is 0.146 e. The van der Waals surface area contributed by atoms with Gasteiger partial charge in [-0.05, 0) is 30.3 Å². The van der Waals surface area contributed by atoms with Gasteiger partial charge in [0.2, 0.25) is 0 Å². The zero-order valence-corrected chi connectivity index (χ0v) is 10.9. The molecule has 0 saturated heterocycles. The molecule has 2 nitrogen and oxygen atoms in total. The fraction of sp³-hybridized carbons (Fsp3) is 0.0769. The van der Waals surface area contributed by atoms with Crippen LogP contribution in [0, 0.1) is 5.82 Å². The van der Waals surface area contributed by atoms with Gasteiger partial charge in [-0.1, -0.05) is 28.1 Å². The van der Waals surface area contributed by atoms with Crippen LogP contribution in [0.3, 0.4) is 0 Å². The van der Waals surface area contributed by atoms with Crippen LogP contribution in [-0.2, 0) is 0 Å². The number of nitrogen functional groups attached to an aromatic ring is 1. The molecule has 0 aliphatic rings. The highest BCUT2D eigenvalue weighted by molar-refractivity contribution is 9.10. The lowest BCUT2D eigenvalue weighted by Crippen LogP contribution is -2.13. The molecule has 0 heterocycles. The van der Waals surface area contributed by atoms with Crippen LogP contribution in [0.25, 0.3) is 0 Å². The SMILES string of the molecule is CN(c1ccccc1N)c1cc(Br)ccc1F. The van der Waals surface area contributed by atoms with Crippen LogP contribution in [0.15, 0.2) is 46.9 Å². The molecular weight excluding hydrogens is 283 g/mol. The van der Waals surface area contributed by atoms with E-state index in [4.69, 9.17) is 5.73 Å². The van der Waals surface area contributed by atoms with E-state index >= 15 is 0 Å². The van der Waals surface area contributed by atoms with E-state index in [0.29, 0.717) is 11.4 Å². The number of nitrogens with two attached hydrogens (primary N) is 1. The molecule has 88 valence electrons. The van der Waals surface area contributed by atoms with E-state index in [-0.39, 0.29) is 5.82 Å². The number of benzene rings is 2. The minimum Gasteiger partial charge on any atom is -0.397 e. The van der Waals surface area contributed by atoms with Crippen molar-refractivity contribution in [3.63, 3.8) is 0 Å². The van der Waals surface area contributed by atoms with E-state index in [1.165, 1.54) is 6.07 Å². The lowest BCUT2D eigenvalue weighted by atomic mass is 10.2. The normalized spacial score (nSPS) is 10.3. The second kappa shape index (κ2) is 4.75. The summed E-state index contributed by atoms with van der Waals surface area (Å²) in [5.74, 6) is -0.279. The summed E-state index contributed by atoms with van der Waals surface area (Å²) in [6.45, 7) is 0. The second-order valence-electron chi connectivity index (χ2n) is 3.71. The van der Waals surface area contributed by atoms with Gasteiger partial charge in [-0.15, -0.1) is 0 Å². The molecule has 0 aromatic heterocycles. The van der Waals surface area contributed by atoms with Crippen molar-refractivity contribution in [2.24, 2.45) is 0 Å². The number of para-hydroxylation sites is 2. The lowest BCUT2D eigenvalue weighted by Gasteiger charge is -2.21. The quantitative estimate of drug-likeness (QED) is 0.850. The highest BCUT2D eigenvalue weighted by Crippen LogP contribution is 2.31. The zero-order chi connectivity index (χ0) is 12.4. The fourth-order valence-electron chi connectivity index (χ4n) is 1.67. The Morgan fingerprint density at radius 3 is 2.53 bits per heavy atom. The largest absolute Gasteiger partial charge is 0.397 e. The molecule has 0 saturated carbocycles. The van der Waals surface area contributed by atoms with Crippen molar-refractivity contribution in [1.82, 2.24) is 0 Å². The maximum atomic E-state index is 13.7. The van der Waals surface area contributed by atoms with Crippen molar-refractivity contribution < 1.29 is 4.39 Å². The number of hydrogen-bond donors (Lipinski definition) is 1. The molecule has 0 bridgehead atoms. The monoisotopic (exact) mass is 294 g/mol. The highest BCUT2D eigenvalue weighted by atomic mass is 79.9. The van der Waals surface area contributed by atoms with Gasteiger partial charge in [0.15, 0.2) is 0 Å². The summed E-state index contributed by atoms with van der Waals surface area (Å²) in [7, 11) is 1.79. The number of anilines is 3. The van der Waals surface area contributed by atoms with Crippen molar-refractivity contribution in [3.8, 4) is 0 Å². The molecule has 0 spiro atoms. The first kappa shape index (κ1) is 11.9. The summed E-state index contributed by atoms with van der Waals surface area (Å²) < 4.78 is 14.6. The summed E-state index contributed by atoms with van der Waals surface area (Å²) >= 11 is 3.33. The van der Waals surface area contributed by atoms with Crippen LogP contribution in [0.2, 0.25) is 0 Å². The third-order valence-electron chi connectivity index (χ3n) is 2.57. The first-order valence-electron chi connectivity index (χ1n) is 5.13. The molecule has 0 unspecified atom stereocenters. The fourth-order valence-corrected chi connectivity index (χ4v) is 2.01. The van der Waals surface area contributed by atoms with E-state index in [1.807, 2.05) is 18.2 Å². The lowest BCUT2D eigenvalue weighted by molar-refractivity contribution is 0.627. The summed E-state index contributed by atoms with van der Waals surface area (Å²) in [6.07, 6.45) is 0. The van der Waals surface area contributed by atoms with Crippen molar-refractivity contribution in [2.75, 3.05) is 17.7 Å². The maximum absolute atomic E-state index is 13.7. The van der Waals surface area contributed by atoms with E-state index < -0.39 is 0 Å². The molecule has 2 N–H and O–H groups in total. The van der Waals surface area contributed by atoms with E-state index in [9.17, 15) is 4.39 Å². The van der Waals surface area contributed by atoms with Crippen LogP contribution in [0.1, 0.15) is 0 Å². The van der Waals surface area contributed by atoms with Crippen molar-refractivity contribution in [2.45, 2.75) is 0 Å². The topological polar surface area (TPSA) is 29.3 Å². The molecule has 0 atom stereocenters. The molecule has 2 aromatic rings. The number of rotatable bonds is 2. The molecule has 0 radical (unpaired) electrons. The van der Waals surface area contributed by atoms with E-state index in [1.54, 1.807) is 30.1 Å². The summed E-state index contributed by atoms with van der Waals surface area (Å²) in [4.78, 5) is 1.73. The molecule has 17 heavy (non-hydrogen) atoms. The summed E-state index contributed by atoms with van der Waals surface area (Å²) in [5.41, 5.74) is 7.76. The van der Waals surface area contributed by atoms with Gasteiger partial charge in [0.25, 0.3) is 0 Å². The Kier molecular flexibility index (Phi) is 3.33. The van der Waals surface area contributed by atoms with Gasteiger partial charge in [0, 0.05) is 11.5 Å². The Balaban J connectivity index is 2.47. The Labute approximate surface area is 108 Å². The Morgan fingerprint density at radius 2 is 1.82 bits per heavy atom. The first-order chi connectivity index (χ1) is 8.09. The molecule has 0 aliphatic carbocycles. The zero-order valence-electron chi connectivity index (χ0n) is 9.32. The molecule has 2 rings (SSSR count). The van der Waals surface area contributed by atoms with Crippen LogP contribution in [-0.4, -0.2) is 7.05 Å². The highest BCUT2D eigenvalue weighted by Gasteiger charge is 2.11. The predicted molar refractivity (Wildman–Crippen MR) is 73.0 cm³/mol. The van der Waals surface area contributed by atoms with Gasteiger partial charge >= 0.3 is 0 Å². The first-order valence-corrected chi connectivity index (χ1v) is 5.92. The average molecular weight is 295 g/mol. The predicted octanol–water partition coefficient (Wildman–Crippen LogP) is 3.94. The number of hydrogen-bond acceptors (Lipinski definition) is 2. The van der Waals surface area contributed by atoms with Crippen LogP contribution < -0.4 is 10.6 Å². The Morgan fingerprint density at radius 1 is 1.12 bits per heavy atom. The maximum Gasteiger partial charge on any atom is 0.146 e. The minimum absolute atomic E-state index is 0.279. The van der Waals surface area contributed by atoms with E-state index in [0.717, 1.165) is 10.2 Å². The Bertz CT molecular complexity index is 543. The molecule has 0 amide bonds. The average Bonchev–Trinajstić information content (AvgIpc) is 2.32. The molecule has 4 heteroatoms. The molecular formula is C13H12BrFN2. The molecule has 0 aliphatic heterocycles. The Hall–Kier alpha value is -1.55. The van der Waals surface area contributed by atoms with Crippen molar-refractivity contribution in [3.05, 3.63) is 52.8 Å². The van der Waals surface area contributed by atoms with Gasteiger partial charge in [-0.25, -0.2) is 4.39 Å². The van der Waals surface area contributed by atoms with E-state index in [2.05, 4.69) is 15.9 Å². The summed E-state index contributed by atoms with van der Waals surface area (Å²) in [6, 6.07) is 12.2. The minimum atomic E-state index is -0.279.